The van der Waals surface area contributed by atoms with Crippen LogP contribution in [0.3, 0.4) is 0 Å². The minimum absolute atomic E-state index is 0.0621. The molecule has 2 saturated heterocycles. The smallest absolute Gasteiger partial charge is 0.239 e. The number of carbonyl (C=O) groups excluding carboxylic acids is 1. The van der Waals surface area contributed by atoms with E-state index in [2.05, 4.69) is 16.1 Å². The van der Waals surface area contributed by atoms with E-state index in [0.29, 0.717) is 25.2 Å². The molecule has 1 saturated carbocycles. The van der Waals surface area contributed by atoms with Crippen molar-refractivity contribution in [3.63, 3.8) is 0 Å². The topological polar surface area (TPSA) is 76.6 Å². The summed E-state index contributed by atoms with van der Waals surface area (Å²) in [5, 5.41) is 17.5. The first-order chi connectivity index (χ1) is 11.9. The summed E-state index contributed by atoms with van der Waals surface area (Å²) in [4.78, 5) is 12.2. The molecule has 25 heavy (non-hydrogen) atoms. The largest absolute Gasteiger partial charge is 0.377 e. The highest BCUT2D eigenvalue weighted by atomic mass is 19.1. The summed E-state index contributed by atoms with van der Waals surface area (Å²) in [5.74, 6) is 0.428. The summed E-state index contributed by atoms with van der Waals surface area (Å²) >= 11 is 0. The molecule has 4 N–H and O–H groups in total. The number of alkyl halides is 2. The van der Waals surface area contributed by atoms with Gasteiger partial charge in [-0.25, -0.2) is 19.2 Å². The molecule has 0 spiro atoms. The second-order valence-electron chi connectivity index (χ2n) is 7.93. The Balaban J connectivity index is 1.38. The molecule has 6 nitrogen and oxygen atoms in total. The third-order valence-electron chi connectivity index (χ3n) is 5.76. The average molecular weight is 360 g/mol. The number of carbonyl (C=O) groups is 1. The maximum Gasteiger partial charge on any atom is 0.239 e. The summed E-state index contributed by atoms with van der Waals surface area (Å²) in [6.07, 6.45) is 1.30. The van der Waals surface area contributed by atoms with E-state index in [1.165, 1.54) is 5.01 Å². The Hall–Kier alpha value is -0.830. The van der Waals surface area contributed by atoms with Gasteiger partial charge in [-0.15, -0.1) is 0 Å². The number of aliphatic hydroxyl groups is 1. The minimum atomic E-state index is -0.996. The van der Waals surface area contributed by atoms with Gasteiger partial charge < -0.3 is 10.4 Å². The van der Waals surface area contributed by atoms with Gasteiger partial charge in [0.05, 0.1) is 6.17 Å². The van der Waals surface area contributed by atoms with Gasteiger partial charge in [-0.05, 0) is 50.5 Å². The predicted molar refractivity (Wildman–Crippen MR) is 89.7 cm³/mol. The number of hydrogen-bond donors (Lipinski definition) is 4. The molecule has 2 aliphatic heterocycles. The molecule has 6 atom stereocenters. The second kappa shape index (κ2) is 8.24. The van der Waals surface area contributed by atoms with Crippen molar-refractivity contribution in [1.82, 2.24) is 21.1 Å². The number of aliphatic hydroxyl groups excluding tert-OH is 1. The molecule has 3 rings (SSSR count). The molecule has 0 aromatic rings. The fraction of sp³-hybridized carbons (Fsp3) is 0.941. The molecule has 144 valence electrons. The predicted octanol–water partition coefficient (Wildman–Crippen LogP) is 0.822. The molecule has 0 radical (unpaired) electrons. The van der Waals surface area contributed by atoms with E-state index in [0.717, 1.165) is 25.8 Å². The van der Waals surface area contributed by atoms with Crippen molar-refractivity contribution >= 4 is 5.91 Å². The highest BCUT2D eigenvalue weighted by Gasteiger charge is 2.35. The second-order valence-corrected chi connectivity index (χ2v) is 7.93. The van der Waals surface area contributed by atoms with Crippen molar-refractivity contribution in [2.75, 3.05) is 13.6 Å². The van der Waals surface area contributed by atoms with Gasteiger partial charge in [0.2, 0.25) is 5.91 Å². The molecule has 3 aliphatic rings. The Kier molecular flexibility index (Phi) is 6.25. The van der Waals surface area contributed by atoms with Crippen LogP contribution in [0.4, 0.5) is 8.78 Å². The number of halogens is 2. The van der Waals surface area contributed by atoms with Gasteiger partial charge in [-0.3, -0.25) is 10.1 Å². The highest BCUT2D eigenvalue weighted by molar-refractivity contribution is 5.82. The Morgan fingerprint density at radius 3 is 2.44 bits per heavy atom. The quantitative estimate of drug-likeness (QED) is 0.597. The lowest BCUT2D eigenvalue weighted by Crippen LogP contribution is -2.54. The summed E-state index contributed by atoms with van der Waals surface area (Å²) in [6, 6.07) is -0.412. The number of rotatable bonds is 4. The number of piperidine rings is 1. The number of hydrazine groups is 1. The van der Waals surface area contributed by atoms with Crippen LogP contribution in [0.2, 0.25) is 0 Å². The first-order valence-electron chi connectivity index (χ1n) is 9.39. The van der Waals surface area contributed by atoms with Gasteiger partial charge in [0.15, 0.2) is 0 Å². The van der Waals surface area contributed by atoms with Crippen molar-refractivity contribution in [2.24, 2.45) is 11.8 Å². The fourth-order valence-corrected chi connectivity index (χ4v) is 4.38. The minimum Gasteiger partial charge on any atom is -0.377 e. The van der Waals surface area contributed by atoms with Crippen molar-refractivity contribution in [3.05, 3.63) is 0 Å². The normalized spacial score (nSPS) is 43.1. The molecule has 1 amide bonds. The summed E-state index contributed by atoms with van der Waals surface area (Å²) in [5.41, 5.74) is 2.94. The first kappa shape index (κ1) is 18.9. The van der Waals surface area contributed by atoms with E-state index >= 15 is 0 Å². The summed E-state index contributed by atoms with van der Waals surface area (Å²) in [6.45, 7) is 0.760. The zero-order chi connectivity index (χ0) is 18.0. The molecule has 3 fully saturated rings. The molecule has 0 aromatic heterocycles. The van der Waals surface area contributed by atoms with Crippen LogP contribution in [-0.4, -0.2) is 60.4 Å². The van der Waals surface area contributed by atoms with Gasteiger partial charge >= 0.3 is 0 Å². The Morgan fingerprint density at radius 1 is 1.16 bits per heavy atom. The van der Waals surface area contributed by atoms with Gasteiger partial charge in [-0.1, -0.05) is 0 Å². The number of hydrogen-bond acceptors (Lipinski definition) is 5. The van der Waals surface area contributed by atoms with Gasteiger partial charge in [-0.2, -0.15) is 0 Å². The molecule has 1 aliphatic carbocycles. The van der Waals surface area contributed by atoms with E-state index < -0.39 is 24.6 Å². The maximum atomic E-state index is 13.5. The summed E-state index contributed by atoms with van der Waals surface area (Å²) < 4.78 is 27.0. The van der Waals surface area contributed by atoms with Gasteiger partial charge in [0.1, 0.15) is 24.6 Å². The number of amides is 1. The SMILES string of the molecule is CN1NC(C(=O)NC2CCC(CC3CC(F)CC(F)C3)CN2)CC1O. The number of nitrogens with one attached hydrogen (secondary N) is 3. The molecule has 6 unspecified atom stereocenters. The van der Waals surface area contributed by atoms with E-state index in [-0.39, 0.29) is 24.4 Å². The molecule has 0 aromatic carbocycles. The van der Waals surface area contributed by atoms with E-state index in [9.17, 15) is 18.7 Å². The Bertz CT molecular complexity index is 442. The van der Waals surface area contributed by atoms with Gasteiger partial charge in [0, 0.05) is 19.9 Å². The zero-order valence-electron chi connectivity index (χ0n) is 14.8. The lowest BCUT2D eigenvalue weighted by molar-refractivity contribution is -0.124. The maximum absolute atomic E-state index is 13.5. The standard InChI is InChI=1S/C17H30F2N4O2/c1-23-16(24)8-14(22-23)17(25)21-15-3-2-10(9-20-15)4-11-5-12(18)7-13(19)6-11/h10-16,20,22,24H,2-9H2,1H3,(H,21,25). The van der Waals surface area contributed by atoms with Crippen LogP contribution >= 0.6 is 0 Å². The summed E-state index contributed by atoms with van der Waals surface area (Å²) in [7, 11) is 1.70. The van der Waals surface area contributed by atoms with Crippen LogP contribution in [0.25, 0.3) is 0 Å². The van der Waals surface area contributed by atoms with Crippen LogP contribution in [0.5, 0.6) is 0 Å². The lowest BCUT2D eigenvalue weighted by Gasteiger charge is -2.35. The van der Waals surface area contributed by atoms with Crippen LogP contribution in [0.1, 0.15) is 44.9 Å². The highest BCUT2D eigenvalue weighted by Crippen LogP contribution is 2.34. The van der Waals surface area contributed by atoms with E-state index in [1.54, 1.807) is 7.05 Å². The van der Waals surface area contributed by atoms with Crippen molar-refractivity contribution in [2.45, 2.75) is 75.7 Å². The zero-order valence-corrected chi connectivity index (χ0v) is 14.8. The van der Waals surface area contributed by atoms with Crippen LogP contribution < -0.4 is 16.1 Å². The molecule has 8 heteroatoms. The Labute approximate surface area is 147 Å². The molecular weight excluding hydrogens is 330 g/mol. The van der Waals surface area contributed by atoms with Crippen LogP contribution in [0, 0.1) is 11.8 Å². The van der Waals surface area contributed by atoms with Crippen molar-refractivity contribution in [1.29, 1.82) is 0 Å². The molecular formula is C17H30F2N4O2. The fourth-order valence-electron chi connectivity index (χ4n) is 4.38. The average Bonchev–Trinajstić information content (AvgIpc) is 2.88. The van der Waals surface area contributed by atoms with Crippen molar-refractivity contribution in [3.8, 4) is 0 Å². The monoisotopic (exact) mass is 360 g/mol. The van der Waals surface area contributed by atoms with Gasteiger partial charge in [0.25, 0.3) is 0 Å². The van der Waals surface area contributed by atoms with Crippen molar-refractivity contribution < 1.29 is 18.7 Å². The van der Waals surface area contributed by atoms with Crippen LogP contribution in [-0.2, 0) is 4.79 Å². The van der Waals surface area contributed by atoms with Crippen LogP contribution in [0.15, 0.2) is 0 Å². The first-order valence-corrected chi connectivity index (χ1v) is 9.39. The lowest BCUT2D eigenvalue weighted by atomic mass is 9.79. The Morgan fingerprint density at radius 2 is 1.88 bits per heavy atom. The molecule has 0 bridgehead atoms. The molecule has 2 heterocycles. The number of nitrogens with zero attached hydrogens (tertiary/aromatic N) is 1. The van der Waals surface area contributed by atoms with E-state index in [1.807, 2.05) is 0 Å². The third kappa shape index (κ3) is 5.09. The van der Waals surface area contributed by atoms with E-state index in [4.69, 9.17) is 0 Å². The third-order valence-corrected chi connectivity index (χ3v) is 5.76.